The molecule has 3 rings (SSSR count). The Morgan fingerprint density at radius 2 is 1.04 bits per heavy atom. The molecule has 134 valence electrons. The Kier molecular flexibility index (Phi) is 6.25. The van der Waals surface area contributed by atoms with E-state index < -0.39 is 0 Å². The maximum Gasteiger partial charge on any atom is 0.0267 e. The molecule has 0 saturated heterocycles. The Bertz CT molecular complexity index is 724. The lowest BCUT2D eigenvalue weighted by Gasteiger charge is -2.38. The molecule has 2 N–H and O–H groups in total. The normalized spacial score (nSPS) is 12.7. The van der Waals surface area contributed by atoms with E-state index in [4.69, 9.17) is 5.73 Å². The van der Waals surface area contributed by atoms with Gasteiger partial charge in [-0.25, -0.2) is 0 Å². The smallest absolute Gasteiger partial charge is 0.0267 e. The van der Waals surface area contributed by atoms with Crippen LogP contribution in [-0.4, -0.2) is 5.54 Å². The fourth-order valence-electron chi connectivity index (χ4n) is 3.96. The van der Waals surface area contributed by atoms with Gasteiger partial charge < -0.3 is 5.73 Å². The van der Waals surface area contributed by atoms with Crippen molar-refractivity contribution in [1.29, 1.82) is 0 Å². The zero-order chi connectivity index (χ0) is 18.2. The van der Waals surface area contributed by atoms with E-state index in [9.17, 15) is 0 Å². The van der Waals surface area contributed by atoms with Gasteiger partial charge in [0, 0.05) is 5.54 Å². The summed E-state index contributed by atoms with van der Waals surface area (Å²) >= 11 is 0. The molecular formula is C25H29N. The maximum atomic E-state index is 7.16. The fraction of sp³-hybridized carbons (Fsp3) is 0.280. The molecule has 0 aromatic heterocycles. The van der Waals surface area contributed by atoms with Gasteiger partial charge in [-0.05, 0) is 41.9 Å². The molecule has 0 bridgehead atoms. The molecule has 1 unspecified atom stereocenters. The van der Waals surface area contributed by atoms with E-state index >= 15 is 0 Å². The predicted molar refractivity (Wildman–Crippen MR) is 111 cm³/mol. The van der Waals surface area contributed by atoms with Gasteiger partial charge in [-0.3, -0.25) is 0 Å². The molecule has 1 nitrogen and oxygen atoms in total. The lowest BCUT2D eigenvalue weighted by molar-refractivity contribution is 0.254. The summed E-state index contributed by atoms with van der Waals surface area (Å²) in [5, 5.41) is 0. The lowest BCUT2D eigenvalue weighted by atomic mass is 9.72. The summed E-state index contributed by atoms with van der Waals surface area (Å²) in [7, 11) is 0. The van der Waals surface area contributed by atoms with Crippen molar-refractivity contribution in [3.05, 3.63) is 108 Å². The third-order valence-electron chi connectivity index (χ3n) is 5.38. The molecule has 0 spiro atoms. The Morgan fingerprint density at radius 1 is 0.654 bits per heavy atom. The zero-order valence-electron chi connectivity index (χ0n) is 15.6. The first-order chi connectivity index (χ1) is 12.7. The summed E-state index contributed by atoms with van der Waals surface area (Å²) in [4.78, 5) is 0. The molecule has 0 saturated carbocycles. The van der Waals surface area contributed by atoms with Crippen LogP contribution in [0.5, 0.6) is 0 Å². The van der Waals surface area contributed by atoms with Crippen LogP contribution in [0.1, 0.15) is 30.0 Å². The number of hydrogen-bond donors (Lipinski definition) is 1. The maximum absolute atomic E-state index is 7.16. The van der Waals surface area contributed by atoms with Crippen molar-refractivity contribution < 1.29 is 0 Å². The minimum Gasteiger partial charge on any atom is -0.324 e. The van der Waals surface area contributed by atoms with Crippen molar-refractivity contribution in [3.63, 3.8) is 0 Å². The summed E-state index contributed by atoms with van der Waals surface area (Å²) in [5.74, 6) is 0.422. The molecule has 0 aliphatic rings. The lowest BCUT2D eigenvalue weighted by Crippen LogP contribution is -2.51. The Hall–Kier alpha value is -2.38. The molecule has 0 aliphatic carbocycles. The van der Waals surface area contributed by atoms with E-state index in [0.29, 0.717) is 5.92 Å². The van der Waals surface area contributed by atoms with Gasteiger partial charge in [0.1, 0.15) is 0 Å². The van der Waals surface area contributed by atoms with Gasteiger partial charge in [-0.15, -0.1) is 0 Å². The third kappa shape index (κ3) is 4.83. The molecule has 1 atom stereocenters. The third-order valence-corrected chi connectivity index (χ3v) is 5.38. The largest absolute Gasteiger partial charge is 0.324 e. The Morgan fingerprint density at radius 3 is 1.42 bits per heavy atom. The highest BCUT2D eigenvalue weighted by atomic mass is 14.8. The molecule has 3 aromatic carbocycles. The molecule has 0 fully saturated rings. The standard InChI is InChI=1S/C25H29N/c1-2-24(18-21-12-6-3-7-13-21)25(26,19-22-14-8-4-9-15-22)20-23-16-10-5-11-17-23/h3-17,24H,2,18-20,26H2,1H3. The van der Waals surface area contributed by atoms with Crippen molar-refractivity contribution in [3.8, 4) is 0 Å². The summed E-state index contributed by atoms with van der Waals surface area (Å²) in [6, 6.07) is 32.1. The van der Waals surface area contributed by atoms with Crippen molar-refractivity contribution in [2.75, 3.05) is 0 Å². The van der Waals surface area contributed by atoms with E-state index in [1.54, 1.807) is 0 Å². The van der Waals surface area contributed by atoms with Crippen molar-refractivity contribution in [1.82, 2.24) is 0 Å². The number of rotatable bonds is 8. The van der Waals surface area contributed by atoms with Crippen molar-refractivity contribution in [2.45, 2.75) is 38.1 Å². The first-order valence-electron chi connectivity index (χ1n) is 9.60. The zero-order valence-corrected chi connectivity index (χ0v) is 15.6. The SMILES string of the molecule is CCC(Cc1ccccc1)C(N)(Cc1ccccc1)Cc1ccccc1. The van der Waals surface area contributed by atoms with Gasteiger partial charge in [0.05, 0.1) is 0 Å². The number of nitrogens with two attached hydrogens (primary N) is 1. The molecule has 0 heterocycles. The van der Waals surface area contributed by atoms with Crippen LogP contribution in [0.3, 0.4) is 0 Å². The van der Waals surface area contributed by atoms with E-state index in [2.05, 4.69) is 97.9 Å². The van der Waals surface area contributed by atoms with Crippen LogP contribution in [0, 0.1) is 5.92 Å². The van der Waals surface area contributed by atoms with Crippen LogP contribution >= 0.6 is 0 Å². The summed E-state index contributed by atoms with van der Waals surface area (Å²) < 4.78 is 0. The average Bonchev–Trinajstić information content (AvgIpc) is 2.68. The topological polar surface area (TPSA) is 26.0 Å². The second-order valence-corrected chi connectivity index (χ2v) is 7.35. The van der Waals surface area contributed by atoms with Gasteiger partial charge in [0.2, 0.25) is 0 Å². The molecule has 3 aromatic rings. The van der Waals surface area contributed by atoms with Crippen LogP contribution in [0.15, 0.2) is 91.0 Å². The van der Waals surface area contributed by atoms with Crippen LogP contribution in [0.25, 0.3) is 0 Å². The fourth-order valence-corrected chi connectivity index (χ4v) is 3.96. The summed E-state index contributed by atoms with van der Waals surface area (Å²) in [5.41, 5.74) is 10.9. The Labute approximate surface area is 157 Å². The van der Waals surface area contributed by atoms with Crippen molar-refractivity contribution >= 4 is 0 Å². The van der Waals surface area contributed by atoms with Gasteiger partial charge >= 0.3 is 0 Å². The monoisotopic (exact) mass is 343 g/mol. The van der Waals surface area contributed by atoms with Gasteiger partial charge in [0.25, 0.3) is 0 Å². The number of benzene rings is 3. The minimum absolute atomic E-state index is 0.271. The molecule has 26 heavy (non-hydrogen) atoms. The molecular weight excluding hydrogens is 314 g/mol. The summed E-state index contributed by atoms with van der Waals surface area (Å²) in [6.07, 6.45) is 3.89. The second-order valence-electron chi connectivity index (χ2n) is 7.35. The average molecular weight is 344 g/mol. The highest BCUT2D eigenvalue weighted by molar-refractivity contribution is 5.25. The van der Waals surface area contributed by atoms with Gasteiger partial charge in [0.15, 0.2) is 0 Å². The van der Waals surface area contributed by atoms with E-state index in [1.807, 2.05) is 0 Å². The molecule has 0 radical (unpaired) electrons. The van der Waals surface area contributed by atoms with Gasteiger partial charge in [-0.1, -0.05) is 104 Å². The number of hydrogen-bond acceptors (Lipinski definition) is 1. The van der Waals surface area contributed by atoms with Crippen LogP contribution in [0.4, 0.5) is 0 Å². The molecule has 0 aliphatic heterocycles. The molecule has 1 heteroatoms. The minimum atomic E-state index is -0.271. The van der Waals surface area contributed by atoms with E-state index in [-0.39, 0.29) is 5.54 Å². The Balaban J connectivity index is 1.89. The predicted octanol–water partition coefficient (Wildman–Crippen LogP) is 5.44. The van der Waals surface area contributed by atoms with E-state index in [0.717, 1.165) is 25.7 Å². The first kappa shape index (κ1) is 18.4. The van der Waals surface area contributed by atoms with Crippen LogP contribution < -0.4 is 5.73 Å². The highest BCUT2D eigenvalue weighted by Crippen LogP contribution is 2.30. The van der Waals surface area contributed by atoms with Crippen LogP contribution in [0.2, 0.25) is 0 Å². The van der Waals surface area contributed by atoms with Crippen molar-refractivity contribution in [2.24, 2.45) is 11.7 Å². The quantitative estimate of drug-likeness (QED) is 0.579. The highest BCUT2D eigenvalue weighted by Gasteiger charge is 2.34. The van der Waals surface area contributed by atoms with Crippen LogP contribution in [-0.2, 0) is 19.3 Å². The first-order valence-corrected chi connectivity index (χ1v) is 9.60. The van der Waals surface area contributed by atoms with E-state index in [1.165, 1.54) is 16.7 Å². The van der Waals surface area contributed by atoms with Gasteiger partial charge in [-0.2, -0.15) is 0 Å². The summed E-state index contributed by atoms with van der Waals surface area (Å²) in [6.45, 7) is 2.27. The second kappa shape index (κ2) is 8.82. The molecule has 0 amide bonds.